The number of aromatic nitrogens is 1. The number of anilines is 1. The van der Waals surface area contributed by atoms with Crippen molar-refractivity contribution >= 4 is 17.6 Å². The number of hydrogen-bond acceptors (Lipinski definition) is 6. The number of esters is 1. The zero-order valence-corrected chi connectivity index (χ0v) is 20.1. The summed E-state index contributed by atoms with van der Waals surface area (Å²) in [6.07, 6.45) is 1.63. The van der Waals surface area contributed by atoms with E-state index in [-0.39, 0.29) is 23.1 Å². The van der Waals surface area contributed by atoms with Crippen LogP contribution in [-0.4, -0.2) is 48.7 Å². The second-order valence-electron chi connectivity index (χ2n) is 9.50. The highest BCUT2D eigenvalue weighted by atomic mass is 19.1. The maximum atomic E-state index is 14.3. The van der Waals surface area contributed by atoms with E-state index in [1.165, 1.54) is 13.2 Å². The van der Waals surface area contributed by atoms with Gasteiger partial charge in [-0.2, -0.15) is 0 Å². The topological polar surface area (TPSA) is 75.9 Å². The van der Waals surface area contributed by atoms with Crippen LogP contribution in [0.25, 0.3) is 0 Å². The molecule has 1 amide bonds. The van der Waals surface area contributed by atoms with Crippen molar-refractivity contribution in [3.8, 4) is 0 Å². The van der Waals surface area contributed by atoms with Gasteiger partial charge in [-0.15, -0.1) is 0 Å². The number of aryl methyl sites for hydroxylation is 2. The molecule has 3 heterocycles. The molecule has 5 rings (SSSR count). The van der Waals surface area contributed by atoms with Crippen molar-refractivity contribution in [2.45, 2.75) is 38.6 Å². The van der Waals surface area contributed by atoms with Crippen molar-refractivity contribution in [2.75, 3.05) is 31.6 Å². The van der Waals surface area contributed by atoms with Crippen LogP contribution in [0.2, 0.25) is 0 Å². The van der Waals surface area contributed by atoms with E-state index in [0.717, 1.165) is 49.3 Å². The van der Waals surface area contributed by atoms with E-state index >= 15 is 0 Å². The van der Waals surface area contributed by atoms with Gasteiger partial charge in [-0.25, -0.2) is 9.18 Å². The SMILES string of the molecule is COC(=O)c1ccc(CN2CCC3(CC2)CN(C(=O)c2c(C)noc2C)c2ccc(F)cc23)cc1. The van der Waals surface area contributed by atoms with E-state index in [2.05, 4.69) is 10.1 Å². The van der Waals surface area contributed by atoms with Gasteiger partial charge in [-0.1, -0.05) is 17.3 Å². The maximum absolute atomic E-state index is 14.3. The van der Waals surface area contributed by atoms with E-state index in [0.29, 0.717) is 29.1 Å². The Hall–Kier alpha value is -3.52. The number of benzene rings is 2. The first-order valence-corrected chi connectivity index (χ1v) is 11.8. The first-order chi connectivity index (χ1) is 16.8. The Balaban J connectivity index is 1.34. The lowest BCUT2D eigenvalue weighted by Crippen LogP contribution is -2.45. The van der Waals surface area contributed by atoms with E-state index in [9.17, 15) is 14.0 Å². The Morgan fingerprint density at radius 2 is 1.83 bits per heavy atom. The molecule has 3 aromatic rings. The predicted octanol–water partition coefficient (Wildman–Crippen LogP) is 4.41. The lowest BCUT2D eigenvalue weighted by molar-refractivity contribution is 0.0600. The number of carbonyl (C=O) groups is 2. The Morgan fingerprint density at radius 1 is 1.11 bits per heavy atom. The fourth-order valence-corrected chi connectivity index (χ4v) is 5.43. The number of hydrogen-bond donors (Lipinski definition) is 0. The molecule has 0 atom stereocenters. The minimum atomic E-state index is -0.348. The highest BCUT2D eigenvalue weighted by molar-refractivity contribution is 6.09. The maximum Gasteiger partial charge on any atom is 0.337 e. The molecule has 0 bridgehead atoms. The van der Waals surface area contributed by atoms with Crippen LogP contribution in [0.15, 0.2) is 47.0 Å². The molecule has 0 unspecified atom stereocenters. The molecule has 8 heteroatoms. The van der Waals surface area contributed by atoms with Crippen LogP contribution in [0.4, 0.5) is 10.1 Å². The summed E-state index contributed by atoms with van der Waals surface area (Å²) in [5.74, 6) is -0.300. The summed E-state index contributed by atoms with van der Waals surface area (Å²) >= 11 is 0. The monoisotopic (exact) mass is 477 g/mol. The Bertz CT molecular complexity index is 1260. The summed E-state index contributed by atoms with van der Waals surface area (Å²) in [7, 11) is 1.37. The van der Waals surface area contributed by atoms with Crippen LogP contribution >= 0.6 is 0 Å². The zero-order chi connectivity index (χ0) is 24.7. The number of fused-ring (bicyclic) bond motifs is 2. The van der Waals surface area contributed by atoms with Gasteiger partial charge >= 0.3 is 5.97 Å². The van der Waals surface area contributed by atoms with Crippen molar-refractivity contribution in [2.24, 2.45) is 0 Å². The Labute approximate surface area is 203 Å². The number of amides is 1. The zero-order valence-electron chi connectivity index (χ0n) is 20.1. The Kier molecular flexibility index (Phi) is 5.92. The normalized spacial score (nSPS) is 17.0. The number of likely N-dealkylation sites (tertiary alicyclic amines) is 1. The number of rotatable bonds is 4. The molecule has 0 N–H and O–H groups in total. The van der Waals surface area contributed by atoms with Crippen molar-refractivity contribution in [3.63, 3.8) is 0 Å². The molecule has 2 aromatic carbocycles. The van der Waals surface area contributed by atoms with E-state index in [1.807, 2.05) is 12.1 Å². The van der Waals surface area contributed by atoms with Gasteiger partial charge in [-0.05, 0) is 81.2 Å². The first kappa shape index (κ1) is 23.2. The second kappa shape index (κ2) is 8.92. The van der Waals surface area contributed by atoms with Gasteiger partial charge in [0.2, 0.25) is 0 Å². The highest BCUT2D eigenvalue weighted by Crippen LogP contribution is 2.48. The predicted molar refractivity (Wildman–Crippen MR) is 128 cm³/mol. The van der Waals surface area contributed by atoms with Gasteiger partial charge in [0, 0.05) is 24.2 Å². The minimum absolute atomic E-state index is 0.154. The molecule has 0 saturated carbocycles. The smallest absolute Gasteiger partial charge is 0.337 e. The van der Waals surface area contributed by atoms with E-state index in [1.54, 1.807) is 43.0 Å². The van der Waals surface area contributed by atoms with Crippen LogP contribution in [0, 0.1) is 19.7 Å². The van der Waals surface area contributed by atoms with Gasteiger partial charge < -0.3 is 14.2 Å². The lowest BCUT2D eigenvalue weighted by Gasteiger charge is -2.40. The molecule has 1 aromatic heterocycles. The third-order valence-electron chi connectivity index (χ3n) is 7.37. The average Bonchev–Trinajstić information content (AvgIpc) is 3.36. The van der Waals surface area contributed by atoms with Crippen LogP contribution in [0.3, 0.4) is 0 Å². The fourth-order valence-electron chi connectivity index (χ4n) is 5.43. The lowest BCUT2D eigenvalue weighted by atomic mass is 9.74. The van der Waals surface area contributed by atoms with Crippen molar-refractivity contribution in [1.82, 2.24) is 10.1 Å². The van der Waals surface area contributed by atoms with E-state index in [4.69, 9.17) is 9.26 Å². The summed E-state index contributed by atoms with van der Waals surface area (Å²) in [5.41, 5.74) is 4.05. The second-order valence-corrected chi connectivity index (χ2v) is 9.50. The Morgan fingerprint density at radius 3 is 2.46 bits per heavy atom. The summed E-state index contributed by atoms with van der Waals surface area (Å²) in [6.45, 7) is 6.41. The van der Waals surface area contributed by atoms with Gasteiger partial charge in [0.1, 0.15) is 17.1 Å². The van der Waals surface area contributed by atoms with Crippen LogP contribution in [0.1, 0.15) is 56.1 Å². The third-order valence-corrected chi connectivity index (χ3v) is 7.37. The molecule has 182 valence electrons. The number of piperidine rings is 1. The number of ether oxygens (including phenoxy) is 1. The number of carbonyl (C=O) groups excluding carboxylic acids is 2. The molecule has 2 aliphatic rings. The van der Waals surface area contributed by atoms with Crippen LogP contribution < -0.4 is 4.90 Å². The molecule has 1 fully saturated rings. The fraction of sp³-hybridized carbons (Fsp3) is 0.370. The number of halogens is 1. The van der Waals surface area contributed by atoms with Gasteiger partial charge in [-0.3, -0.25) is 9.69 Å². The molecule has 0 aliphatic carbocycles. The van der Waals surface area contributed by atoms with E-state index < -0.39 is 0 Å². The van der Waals surface area contributed by atoms with Gasteiger partial charge in [0.15, 0.2) is 0 Å². The van der Waals surface area contributed by atoms with Gasteiger partial charge in [0.25, 0.3) is 5.91 Å². The largest absolute Gasteiger partial charge is 0.465 e. The molecule has 1 spiro atoms. The summed E-state index contributed by atoms with van der Waals surface area (Å²) in [4.78, 5) is 29.3. The minimum Gasteiger partial charge on any atom is -0.465 e. The third kappa shape index (κ3) is 4.12. The molecule has 2 aliphatic heterocycles. The standard InChI is InChI=1S/C27H28FN3O4/c1-17-24(18(2)35-29-17)25(32)31-16-27(22-14-21(28)8-9-23(22)31)10-12-30(13-11-27)15-19-4-6-20(7-5-19)26(33)34-3/h4-9,14H,10-13,15-16H2,1-3H3. The number of methoxy groups -OCH3 is 1. The quantitative estimate of drug-likeness (QED) is 0.518. The molecule has 1 saturated heterocycles. The van der Waals surface area contributed by atoms with Crippen molar-refractivity contribution in [1.29, 1.82) is 0 Å². The average molecular weight is 478 g/mol. The summed E-state index contributed by atoms with van der Waals surface area (Å²) in [6, 6.07) is 12.2. The summed E-state index contributed by atoms with van der Waals surface area (Å²) < 4.78 is 24.3. The molecular formula is C27H28FN3O4. The number of nitrogens with zero attached hydrogens (tertiary/aromatic N) is 3. The van der Waals surface area contributed by atoms with Crippen molar-refractivity contribution < 1.29 is 23.2 Å². The highest BCUT2D eigenvalue weighted by Gasteiger charge is 2.47. The molecule has 7 nitrogen and oxygen atoms in total. The molecule has 0 radical (unpaired) electrons. The van der Waals surface area contributed by atoms with Gasteiger partial charge in [0.05, 0.1) is 18.4 Å². The van der Waals surface area contributed by atoms with Crippen molar-refractivity contribution in [3.05, 3.63) is 82.0 Å². The summed E-state index contributed by atoms with van der Waals surface area (Å²) in [5, 5.41) is 3.94. The molecule has 35 heavy (non-hydrogen) atoms. The first-order valence-electron chi connectivity index (χ1n) is 11.8. The molecular weight excluding hydrogens is 449 g/mol. The van der Waals surface area contributed by atoms with Crippen LogP contribution in [-0.2, 0) is 16.7 Å². The van der Waals surface area contributed by atoms with Crippen LogP contribution in [0.5, 0.6) is 0 Å².